The van der Waals surface area contributed by atoms with Crippen molar-refractivity contribution >= 4 is 23.4 Å². The molecular formula is C25H17F2N3O3. The first-order valence-corrected chi connectivity index (χ1v) is 9.96. The van der Waals surface area contributed by atoms with Gasteiger partial charge >= 0.3 is 0 Å². The molecule has 1 aliphatic heterocycles. The number of fused-ring (bicyclic) bond motifs is 1. The van der Waals surface area contributed by atoms with Gasteiger partial charge in [0.25, 0.3) is 17.7 Å². The first-order chi connectivity index (χ1) is 15.7. The summed E-state index contributed by atoms with van der Waals surface area (Å²) in [6.07, 6.45) is 0. The second-order valence-corrected chi connectivity index (χ2v) is 7.70. The van der Waals surface area contributed by atoms with Gasteiger partial charge < -0.3 is 5.32 Å². The Labute approximate surface area is 188 Å². The maximum atomic E-state index is 14.0. The minimum atomic E-state index is -1.38. The molecule has 0 fully saturated rings. The number of nitrogens with one attached hydrogen (secondary N) is 1. The molecule has 1 unspecified atom stereocenters. The highest BCUT2D eigenvalue weighted by Gasteiger charge is 2.38. The highest BCUT2D eigenvalue weighted by molar-refractivity contribution is 6.35. The Morgan fingerprint density at radius 1 is 0.970 bits per heavy atom. The maximum absolute atomic E-state index is 14.0. The quantitative estimate of drug-likeness (QED) is 0.604. The molecule has 164 valence electrons. The molecule has 0 saturated carbocycles. The van der Waals surface area contributed by atoms with Crippen molar-refractivity contribution in [2.75, 3.05) is 4.90 Å². The summed E-state index contributed by atoms with van der Waals surface area (Å²) in [5.41, 5.74) is 2.10. The lowest BCUT2D eigenvalue weighted by Gasteiger charge is -2.17. The smallest absolute Gasteiger partial charge is 0.266 e. The van der Waals surface area contributed by atoms with Crippen LogP contribution in [0.2, 0.25) is 0 Å². The SMILES string of the molecule is Cc1ccc(C)c(N2C(=O)c3ccc(C(=O)NC(C#N)c4ccc(F)cc4F)cc3C2=O)c1. The van der Waals surface area contributed by atoms with E-state index in [2.05, 4.69) is 5.32 Å². The summed E-state index contributed by atoms with van der Waals surface area (Å²) in [5.74, 6) is -3.60. The van der Waals surface area contributed by atoms with Gasteiger partial charge in [-0.25, -0.2) is 13.7 Å². The molecule has 8 heteroatoms. The Bertz CT molecular complexity index is 1380. The normalized spacial score (nSPS) is 13.5. The van der Waals surface area contributed by atoms with Gasteiger partial charge in [-0.1, -0.05) is 18.2 Å². The van der Waals surface area contributed by atoms with E-state index in [0.29, 0.717) is 11.8 Å². The van der Waals surface area contributed by atoms with Gasteiger partial charge in [0.05, 0.1) is 22.9 Å². The maximum Gasteiger partial charge on any atom is 0.266 e. The molecule has 1 N–H and O–H groups in total. The highest BCUT2D eigenvalue weighted by atomic mass is 19.1. The number of aryl methyl sites for hydroxylation is 2. The molecule has 3 aromatic carbocycles. The number of hydrogen-bond acceptors (Lipinski definition) is 4. The van der Waals surface area contributed by atoms with E-state index in [4.69, 9.17) is 0 Å². The first-order valence-electron chi connectivity index (χ1n) is 9.96. The fourth-order valence-electron chi connectivity index (χ4n) is 3.69. The summed E-state index contributed by atoms with van der Waals surface area (Å²) in [6, 6.07) is 12.5. The first kappa shape index (κ1) is 21.8. The van der Waals surface area contributed by atoms with Crippen LogP contribution in [0.1, 0.15) is 53.8 Å². The Hall–Kier alpha value is -4.38. The molecule has 0 radical (unpaired) electrons. The number of nitriles is 1. The lowest BCUT2D eigenvalue weighted by molar-refractivity contribution is 0.0922. The van der Waals surface area contributed by atoms with Gasteiger partial charge in [0.1, 0.15) is 17.7 Å². The molecule has 0 spiro atoms. The van der Waals surface area contributed by atoms with E-state index in [0.717, 1.165) is 28.2 Å². The summed E-state index contributed by atoms with van der Waals surface area (Å²) < 4.78 is 27.2. The lowest BCUT2D eigenvalue weighted by Crippen LogP contribution is -2.30. The molecule has 4 rings (SSSR count). The van der Waals surface area contributed by atoms with E-state index in [-0.39, 0.29) is 22.3 Å². The second-order valence-electron chi connectivity index (χ2n) is 7.70. The van der Waals surface area contributed by atoms with Crippen molar-refractivity contribution in [2.24, 2.45) is 0 Å². The van der Waals surface area contributed by atoms with E-state index < -0.39 is 35.4 Å². The van der Waals surface area contributed by atoms with Gasteiger partial charge in [0.2, 0.25) is 0 Å². The van der Waals surface area contributed by atoms with Crippen LogP contribution in [0.25, 0.3) is 0 Å². The molecule has 3 amide bonds. The number of nitrogens with zero attached hydrogens (tertiary/aromatic N) is 2. The molecule has 6 nitrogen and oxygen atoms in total. The fourth-order valence-corrected chi connectivity index (χ4v) is 3.69. The summed E-state index contributed by atoms with van der Waals surface area (Å²) >= 11 is 0. The van der Waals surface area contributed by atoms with Crippen LogP contribution in [0.3, 0.4) is 0 Å². The van der Waals surface area contributed by atoms with Gasteiger partial charge in [-0.3, -0.25) is 14.4 Å². The molecule has 1 atom stereocenters. The Balaban J connectivity index is 1.63. The third-order valence-electron chi connectivity index (χ3n) is 5.43. The number of anilines is 1. The van der Waals surface area contributed by atoms with Crippen LogP contribution in [0.15, 0.2) is 54.6 Å². The minimum absolute atomic E-state index is 0.0143. The van der Waals surface area contributed by atoms with E-state index in [1.54, 1.807) is 19.1 Å². The van der Waals surface area contributed by atoms with E-state index in [9.17, 15) is 28.4 Å². The van der Waals surface area contributed by atoms with Gasteiger partial charge in [-0.15, -0.1) is 0 Å². The van der Waals surface area contributed by atoms with E-state index in [1.165, 1.54) is 18.2 Å². The fraction of sp³-hybridized carbons (Fsp3) is 0.120. The third kappa shape index (κ3) is 3.85. The molecule has 33 heavy (non-hydrogen) atoms. The average Bonchev–Trinajstić information content (AvgIpc) is 3.03. The van der Waals surface area contributed by atoms with E-state index in [1.807, 2.05) is 19.1 Å². The number of rotatable bonds is 4. The Kier molecular flexibility index (Phi) is 5.48. The largest absolute Gasteiger partial charge is 0.332 e. The van der Waals surface area contributed by atoms with Crippen LogP contribution in [0.4, 0.5) is 14.5 Å². The molecule has 0 saturated heterocycles. The van der Waals surface area contributed by atoms with Gasteiger partial charge in [0.15, 0.2) is 0 Å². The lowest BCUT2D eigenvalue weighted by atomic mass is 10.0. The van der Waals surface area contributed by atoms with Crippen LogP contribution < -0.4 is 10.2 Å². The molecule has 0 aliphatic carbocycles. The van der Waals surface area contributed by atoms with Crippen molar-refractivity contribution in [2.45, 2.75) is 19.9 Å². The number of halogens is 2. The van der Waals surface area contributed by atoms with Gasteiger partial charge in [-0.05, 0) is 55.3 Å². The van der Waals surface area contributed by atoms with Crippen LogP contribution in [-0.2, 0) is 0 Å². The number of benzene rings is 3. The predicted molar refractivity (Wildman–Crippen MR) is 116 cm³/mol. The summed E-state index contributed by atoms with van der Waals surface area (Å²) in [5, 5.41) is 11.7. The molecule has 0 bridgehead atoms. The van der Waals surface area contributed by atoms with Crippen LogP contribution in [-0.4, -0.2) is 17.7 Å². The number of carbonyl (C=O) groups excluding carboxylic acids is 3. The van der Waals surface area contributed by atoms with Crippen LogP contribution in [0, 0.1) is 36.8 Å². The predicted octanol–water partition coefficient (Wildman–Crippen LogP) is 4.38. The summed E-state index contributed by atoms with van der Waals surface area (Å²) in [4.78, 5) is 39.8. The van der Waals surface area contributed by atoms with Crippen molar-refractivity contribution < 1.29 is 23.2 Å². The zero-order valence-electron chi connectivity index (χ0n) is 17.6. The zero-order valence-corrected chi connectivity index (χ0v) is 17.6. The summed E-state index contributed by atoms with van der Waals surface area (Å²) in [7, 11) is 0. The minimum Gasteiger partial charge on any atom is -0.332 e. The van der Waals surface area contributed by atoms with Crippen molar-refractivity contribution in [3.63, 3.8) is 0 Å². The van der Waals surface area contributed by atoms with Crippen molar-refractivity contribution in [1.82, 2.24) is 5.32 Å². The summed E-state index contributed by atoms with van der Waals surface area (Å²) in [6.45, 7) is 3.63. The van der Waals surface area contributed by atoms with Crippen molar-refractivity contribution in [3.8, 4) is 6.07 Å². The number of hydrogen-bond donors (Lipinski definition) is 1. The van der Waals surface area contributed by atoms with Crippen molar-refractivity contribution in [3.05, 3.63) is 99.6 Å². The topological polar surface area (TPSA) is 90.3 Å². The monoisotopic (exact) mass is 445 g/mol. The van der Waals surface area contributed by atoms with Crippen LogP contribution >= 0.6 is 0 Å². The Morgan fingerprint density at radius 3 is 2.39 bits per heavy atom. The number of amides is 3. The standard InChI is InChI=1S/C25H17F2N3O3/c1-13-3-4-14(2)22(9-13)30-24(32)17-7-5-15(10-19(17)25(30)33)23(31)29-21(12-28)18-8-6-16(26)11-20(18)27/h3-11,21H,1-2H3,(H,29,31). The molecule has 0 aromatic heterocycles. The second kappa shape index (κ2) is 8.28. The zero-order chi connectivity index (χ0) is 23.9. The van der Waals surface area contributed by atoms with Gasteiger partial charge in [-0.2, -0.15) is 5.26 Å². The molecule has 1 heterocycles. The number of imide groups is 1. The highest BCUT2D eigenvalue weighted by Crippen LogP contribution is 2.32. The molecule has 3 aromatic rings. The van der Waals surface area contributed by atoms with Crippen LogP contribution in [0.5, 0.6) is 0 Å². The number of carbonyl (C=O) groups is 3. The molecule has 1 aliphatic rings. The van der Waals surface area contributed by atoms with Crippen molar-refractivity contribution in [1.29, 1.82) is 5.26 Å². The van der Waals surface area contributed by atoms with E-state index >= 15 is 0 Å². The average molecular weight is 445 g/mol. The Morgan fingerprint density at radius 2 is 1.70 bits per heavy atom. The molecular weight excluding hydrogens is 428 g/mol. The van der Waals surface area contributed by atoms with Gasteiger partial charge in [0, 0.05) is 17.2 Å². The third-order valence-corrected chi connectivity index (χ3v) is 5.43.